The van der Waals surface area contributed by atoms with Gasteiger partial charge in [0.05, 0.1) is 16.4 Å². The lowest BCUT2D eigenvalue weighted by Crippen LogP contribution is -2.41. The SMILES string of the molecule is Cc1nnc(COC(=O)C2CCN(S(=O)(=O)c3ccccc3C(F)(F)F)CC2)o1. The number of rotatable bonds is 5. The van der Waals surface area contributed by atoms with Crippen molar-refractivity contribution < 1.29 is 35.5 Å². The van der Waals surface area contributed by atoms with Gasteiger partial charge in [-0.2, -0.15) is 17.5 Å². The van der Waals surface area contributed by atoms with Crippen LogP contribution in [0, 0.1) is 12.8 Å². The minimum Gasteiger partial charge on any atom is -0.455 e. The largest absolute Gasteiger partial charge is 0.455 e. The summed E-state index contributed by atoms with van der Waals surface area (Å²) in [7, 11) is -4.35. The third-order valence-electron chi connectivity index (χ3n) is 4.50. The lowest BCUT2D eigenvalue weighted by molar-refractivity contribution is -0.151. The van der Waals surface area contributed by atoms with Gasteiger partial charge in [-0.3, -0.25) is 4.79 Å². The molecule has 0 spiro atoms. The Bertz CT molecular complexity index is 982. The first-order chi connectivity index (χ1) is 13.6. The number of hydrogen-bond donors (Lipinski definition) is 0. The molecule has 0 aliphatic carbocycles. The van der Waals surface area contributed by atoms with Crippen LogP contribution in [0.3, 0.4) is 0 Å². The van der Waals surface area contributed by atoms with Gasteiger partial charge in [0.2, 0.25) is 15.9 Å². The minimum atomic E-state index is -4.79. The van der Waals surface area contributed by atoms with Crippen molar-refractivity contribution in [3.05, 3.63) is 41.6 Å². The van der Waals surface area contributed by atoms with Gasteiger partial charge in [-0.25, -0.2) is 8.42 Å². The Balaban J connectivity index is 1.63. The molecule has 8 nitrogen and oxygen atoms in total. The van der Waals surface area contributed by atoms with Crippen molar-refractivity contribution in [3.8, 4) is 0 Å². The van der Waals surface area contributed by atoms with Crippen LogP contribution in [0.15, 0.2) is 33.6 Å². The molecule has 0 saturated carbocycles. The summed E-state index contributed by atoms with van der Waals surface area (Å²) in [5, 5.41) is 7.30. The number of ether oxygens (including phenoxy) is 1. The van der Waals surface area contributed by atoms with Gasteiger partial charge in [-0.15, -0.1) is 10.2 Å². The number of nitrogens with zero attached hydrogens (tertiary/aromatic N) is 3. The predicted octanol–water partition coefficient (Wildman–Crippen LogP) is 2.54. The highest BCUT2D eigenvalue weighted by Gasteiger charge is 2.40. The lowest BCUT2D eigenvalue weighted by atomic mass is 9.98. The van der Waals surface area contributed by atoms with Gasteiger partial charge in [0.1, 0.15) is 0 Å². The van der Waals surface area contributed by atoms with Crippen molar-refractivity contribution in [3.63, 3.8) is 0 Å². The average Bonchev–Trinajstić information content (AvgIpc) is 3.11. The van der Waals surface area contributed by atoms with E-state index in [9.17, 15) is 26.4 Å². The summed E-state index contributed by atoms with van der Waals surface area (Å²) in [6.45, 7) is 1.21. The van der Waals surface area contributed by atoms with Crippen LogP contribution in [-0.4, -0.2) is 42.0 Å². The van der Waals surface area contributed by atoms with Gasteiger partial charge in [0.25, 0.3) is 5.89 Å². The van der Waals surface area contributed by atoms with Crippen LogP contribution >= 0.6 is 0 Å². The molecule has 29 heavy (non-hydrogen) atoms. The molecule has 1 saturated heterocycles. The third-order valence-corrected chi connectivity index (χ3v) is 6.46. The first-order valence-electron chi connectivity index (χ1n) is 8.71. The number of aryl methyl sites for hydroxylation is 1. The molecular weight excluding hydrogens is 415 g/mol. The quantitative estimate of drug-likeness (QED) is 0.668. The number of carbonyl (C=O) groups excluding carboxylic acids is 1. The maximum atomic E-state index is 13.2. The Morgan fingerprint density at radius 3 is 2.48 bits per heavy atom. The monoisotopic (exact) mass is 433 g/mol. The normalized spacial score (nSPS) is 16.7. The summed E-state index contributed by atoms with van der Waals surface area (Å²) in [4.78, 5) is 11.4. The molecule has 0 atom stereocenters. The Morgan fingerprint density at radius 2 is 1.90 bits per heavy atom. The molecule has 0 bridgehead atoms. The van der Waals surface area contributed by atoms with E-state index in [4.69, 9.17) is 9.15 Å². The summed E-state index contributed by atoms with van der Waals surface area (Å²) in [5.74, 6) is -0.648. The molecule has 0 unspecified atom stereocenters. The number of benzene rings is 1. The summed E-state index contributed by atoms with van der Waals surface area (Å²) in [5.41, 5.74) is -1.21. The zero-order valence-electron chi connectivity index (χ0n) is 15.3. The molecule has 0 radical (unpaired) electrons. The van der Waals surface area contributed by atoms with Gasteiger partial charge in [-0.1, -0.05) is 12.1 Å². The highest BCUT2D eigenvalue weighted by Crippen LogP contribution is 2.36. The second-order valence-corrected chi connectivity index (χ2v) is 8.40. The van der Waals surface area contributed by atoms with Crippen molar-refractivity contribution in [2.24, 2.45) is 5.92 Å². The van der Waals surface area contributed by atoms with Crippen LogP contribution in [-0.2, 0) is 32.3 Å². The maximum absolute atomic E-state index is 13.2. The van der Waals surface area contributed by atoms with Gasteiger partial charge in [-0.05, 0) is 25.0 Å². The first kappa shape index (κ1) is 21.2. The summed E-state index contributed by atoms with van der Waals surface area (Å²) >= 11 is 0. The molecule has 1 aliphatic heterocycles. The average molecular weight is 433 g/mol. The van der Waals surface area contributed by atoms with E-state index in [1.54, 1.807) is 6.92 Å². The zero-order valence-corrected chi connectivity index (χ0v) is 16.2. The Hall–Kier alpha value is -2.47. The molecule has 1 fully saturated rings. The van der Waals surface area contributed by atoms with Crippen molar-refractivity contribution in [1.82, 2.24) is 14.5 Å². The molecule has 1 aromatic heterocycles. The van der Waals surface area contributed by atoms with Crippen LogP contribution in [0.1, 0.15) is 30.2 Å². The zero-order chi connectivity index (χ0) is 21.2. The van der Waals surface area contributed by atoms with Crippen LogP contribution in [0.4, 0.5) is 13.2 Å². The smallest absolute Gasteiger partial charge is 0.417 e. The van der Waals surface area contributed by atoms with Crippen molar-refractivity contribution in [2.75, 3.05) is 13.1 Å². The van der Waals surface area contributed by atoms with Gasteiger partial charge >= 0.3 is 12.1 Å². The van der Waals surface area contributed by atoms with Crippen molar-refractivity contribution in [1.29, 1.82) is 0 Å². The number of halogens is 3. The van der Waals surface area contributed by atoms with E-state index in [1.807, 2.05) is 0 Å². The second-order valence-electron chi connectivity index (χ2n) is 6.49. The van der Waals surface area contributed by atoms with Gasteiger partial charge in [0, 0.05) is 20.0 Å². The van der Waals surface area contributed by atoms with E-state index in [0.717, 1.165) is 22.5 Å². The Labute approximate surface area is 164 Å². The Morgan fingerprint density at radius 1 is 1.24 bits per heavy atom. The third kappa shape index (κ3) is 4.75. The minimum absolute atomic E-state index is 0.0893. The van der Waals surface area contributed by atoms with Crippen molar-refractivity contribution in [2.45, 2.75) is 37.4 Å². The van der Waals surface area contributed by atoms with Crippen LogP contribution in [0.25, 0.3) is 0 Å². The van der Waals surface area contributed by atoms with Crippen molar-refractivity contribution >= 4 is 16.0 Å². The summed E-state index contributed by atoms with van der Waals surface area (Å²) < 4.78 is 76.1. The highest BCUT2D eigenvalue weighted by molar-refractivity contribution is 7.89. The van der Waals surface area contributed by atoms with E-state index in [1.165, 1.54) is 6.07 Å². The standard InChI is InChI=1S/C17H18F3N3O5S/c1-11-21-22-15(28-11)10-27-16(24)12-6-8-23(9-7-12)29(25,26)14-5-3-2-4-13(14)17(18,19)20/h2-5,12H,6-10H2,1H3. The first-order valence-corrected chi connectivity index (χ1v) is 10.1. The fraction of sp³-hybridized carbons (Fsp3) is 0.471. The molecule has 1 aliphatic rings. The second kappa shape index (κ2) is 8.11. The van der Waals surface area contributed by atoms with E-state index >= 15 is 0 Å². The highest BCUT2D eigenvalue weighted by atomic mass is 32.2. The number of sulfonamides is 1. The number of carbonyl (C=O) groups is 1. The molecule has 3 rings (SSSR count). The molecule has 0 amide bonds. The molecular formula is C17H18F3N3O5S. The number of aromatic nitrogens is 2. The van der Waals surface area contributed by atoms with Gasteiger partial charge < -0.3 is 9.15 Å². The molecule has 1 aromatic carbocycles. The van der Waals surface area contributed by atoms with Gasteiger partial charge in [0.15, 0.2) is 6.61 Å². The number of piperidine rings is 1. The predicted molar refractivity (Wildman–Crippen MR) is 91.8 cm³/mol. The van der Waals surface area contributed by atoms with Crippen LogP contribution in [0.5, 0.6) is 0 Å². The molecule has 12 heteroatoms. The fourth-order valence-electron chi connectivity index (χ4n) is 3.04. The number of hydrogen-bond acceptors (Lipinski definition) is 7. The van der Waals surface area contributed by atoms with E-state index in [-0.39, 0.29) is 38.4 Å². The van der Waals surface area contributed by atoms with Crippen LogP contribution in [0.2, 0.25) is 0 Å². The van der Waals surface area contributed by atoms with Crippen LogP contribution < -0.4 is 0 Å². The lowest BCUT2D eigenvalue weighted by Gasteiger charge is -2.30. The molecule has 2 aromatic rings. The summed E-state index contributed by atoms with van der Waals surface area (Å²) in [6, 6.07) is 4.04. The molecule has 0 N–H and O–H groups in total. The topological polar surface area (TPSA) is 103 Å². The number of esters is 1. The molecule has 158 valence electrons. The fourth-order valence-corrected chi connectivity index (χ4v) is 4.73. The Kier molecular flexibility index (Phi) is 5.94. The van der Waals surface area contributed by atoms with E-state index in [0.29, 0.717) is 5.89 Å². The van der Waals surface area contributed by atoms with E-state index in [2.05, 4.69) is 10.2 Å². The maximum Gasteiger partial charge on any atom is 0.417 e. The summed E-state index contributed by atoms with van der Waals surface area (Å²) in [6.07, 6.45) is -4.52. The number of alkyl halides is 3. The van der Waals surface area contributed by atoms with E-state index < -0.39 is 38.5 Å². The molecule has 2 heterocycles.